The second-order valence-electron chi connectivity index (χ2n) is 2.59. The molecule has 1 atom stereocenters. The Labute approximate surface area is 84.4 Å². The van der Waals surface area contributed by atoms with E-state index in [1.54, 1.807) is 12.1 Å². The van der Waals surface area contributed by atoms with Gasteiger partial charge in [0.15, 0.2) is 0 Å². The summed E-state index contributed by atoms with van der Waals surface area (Å²) in [6, 6.07) is 6.52. The molecule has 0 heterocycles. The number of aliphatic hydroxyl groups is 1. The summed E-state index contributed by atoms with van der Waals surface area (Å²) in [6.07, 6.45) is -0.737. The zero-order valence-electron chi connectivity index (χ0n) is 6.74. The molecule has 0 fully saturated rings. The normalized spacial score (nSPS) is 12.1. The van der Waals surface area contributed by atoms with Crippen LogP contribution in [0.1, 0.15) is 18.1 Å². The minimum Gasteiger partial charge on any atom is -0.507 e. The van der Waals surface area contributed by atoms with E-state index < -0.39 is 6.10 Å². The van der Waals surface area contributed by atoms with Crippen molar-refractivity contribution in [1.82, 2.24) is 0 Å². The van der Waals surface area contributed by atoms with Crippen LogP contribution in [0.15, 0.2) is 22.7 Å². The van der Waals surface area contributed by atoms with Gasteiger partial charge in [0, 0.05) is 0 Å². The average molecular weight is 242 g/mol. The summed E-state index contributed by atoms with van der Waals surface area (Å²) in [7, 11) is 0. The van der Waals surface area contributed by atoms with Gasteiger partial charge in [-0.3, -0.25) is 0 Å². The van der Waals surface area contributed by atoms with Crippen LogP contribution in [-0.4, -0.2) is 10.2 Å². The Morgan fingerprint density at radius 2 is 2.23 bits per heavy atom. The highest BCUT2D eigenvalue weighted by atomic mass is 79.9. The highest BCUT2D eigenvalue weighted by Gasteiger charge is 2.08. The summed E-state index contributed by atoms with van der Waals surface area (Å²) in [5.41, 5.74) is 0.617. The number of nitrogens with zero attached hydrogens (tertiary/aromatic N) is 1. The molecule has 4 heteroatoms. The SMILES string of the molecule is N#CCC(O)c1ccc(O)c(Br)c1. The van der Waals surface area contributed by atoms with E-state index in [0.29, 0.717) is 10.0 Å². The zero-order valence-corrected chi connectivity index (χ0v) is 8.32. The van der Waals surface area contributed by atoms with Crippen LogP contribution < -0.4 is 0 Å². The molecule has 0 radical (unpaired) electrons. The van der Waals surface area contributed by atoms with Crippen molar-refractivity contribution in [1.29, 1.82) is 5.26 Å². The van der Waals surface area contributed by atoms with E-state index in [1.807, 2.05) is 6.07 Å². The van der Waals surface area contributed by atoms with Crippen LogP contribution in [0.3, 0.4) is 0 Å². The van der Waals surface area contributed by atoms with Crippen molar-refractivity contribution in [3.05, 3.63) is 28.2 Å². The van der Waals surface area contributed by atoms with Gasteiger partial charge in [0.05, 0.1) is 23.1 Å². The van der Waals surface area contributed by atoms with Crippen LogP contribution in [0.25, 0.3) is 0 Å². The number of phenolic OH excluding ortho intramolecular Hbond substituents is 1. The highest BCUT2D eigenvalue weighted by Crippen LogP contribution is 2.27. The molecular formula is C9H8BrNO2. The summed E-state index contributed by atoms with van der Waals surface area (Å²) in [5.74, 6) is 0.118. The van der Waals surface area contributed by atoms with Gasteiger partial charge in [-0.25, -0.2) is 0 Å². The van der Waals surface area contributed by atoms with Crippen LogP contribution in [0.2, 0.25) is 0 Å². The first-order chi connectivity index (χ1) is 6.15. The first-order valence-electron chi connectivity index (χ1n) is 3.68. The molecular weight excluding hydrogens is 234 g/mol. The Morgan fingerprint density at radius 3 is 2.77 bits per heavy atom. The molecule has 0 saturated heterocycles. The fraction of sp³-hybridized carbons (Fsp3) is 0.222. The second-order valence-corrected chi connectivity index (χ2v) is 3.44. The summed E-state index contributed by atoms with van der Waals surface area (Å²) < 4.78 is 0.516. The summed E-state index contributed by atoms with van der Waals surface area (Å²) >= 11 is 3.12. The monoisotopic (exact) mass is 241 g/mol. The molecule has 2 N–H and O–H groups in total. The van der Waals surface area contributed by atoms with Gasteiger partial charge in [0.25, 0.3) is 0 Å². The van der Waals surface area contributed by atoms with Gasteiger partial charge < -0.3 is 10.2 Å². The quantitative estimate of drug-likeness (QED) is 0.834. The summed E-state index contributed by atoms with van der Waals surface area (Å²) in [5, 5.41) is 26.9. The number of halogens is 1. The van der Waals surface area contributed by atoms with Crippen molar-refractivity contribution in [2.75, 3.05) is 0 Å². The Hall–Kier alpha value is -1.05. The molecule has 0 spiro atoms. The molecule has 1 unspecified atom stereocenters. The molecule has 0 aliphatic carbocycles. The molecule has 3 nitrogen and oxygen atoms in total. The molecule has 0 aliphatic rings. The number of aromatic hydroxyl groups is 1. The molecule has 0 aromatic heterocycles. The minimum atomic E-state index is -0.790. The lowest BCUT2D eigenvalue weighted by Gasteiger charge is -2.07. The molecule has 13 heavy (non-hydrogen) atoms. The summed E-state index contributed by atoms with van der Waals surface area (Å²) in [6.45, 7) is 0. The van der Waals surface area contributed by atoms with Gasteiger partial charge in [-0.15, -0.1) is 0 Å². The smallest absolute Gasteiger partial charge is 0.129 e. The lowest BCUT2D eigenvalue weighted by atomic mass is 10.1. The Balaban J connectivity index is 2.91. The second kappa shape index (κ2) is 4.26. The van der Waals surface area contributed by atoms with E-state index in [-0.39, 0.29) is 12.2 Å². The zero-order chi connectivity index (χ0) is 9.84. The molecule has 1 aromatic rings. The molecule has 0 bridgehead atoms. The Morgan fingerprint density at radius 1 is 1.54 bits per heavy atom. The van der Waals surface area contributed by atoms with E-state index in [9.17, 15) is 5.11 Å². The van der Waals surface area contributed by atoms with E-state index in [0.717, 1.165) is 0 Å². The third-order valence-corrected chi connectivity index (χ3v) is 2.28. The maximum absolute atomic E-state index is 9.41. The maximum atomic E-state index is 9.41. The van der Waals surface area contributed by atoms with E-state index in [4.69, 9.17) is 10.4 Å². The van der Waals surface area contributed by atoms with E-state index in [1.165, 1.54) is 6.07 Å². The van der Waals surface area contributed by atoms with E-state index >= 15 is 0 Å². The van der Waals surface area contributed by atoms with Gasteiger partial charge in [-0.1, -0.05) is 6.07 Å². The number of hydrogen-bond acceptors (Lipinski definition) is 3. The van der Waals surface area contributed by atoms with Crippen LogP contribution >= 0.6 is 15.9 Å². The molecule has 0 aliphatic heterocycles. The fourth-order valence-electron chi connectivity index (χ4n) is 0.935. The van der Waals surface area contributed by atoms with Crippen molar-refractivity contribution in [3.8, 4) is 11.8 Å². The standard InChI is InChI=1S/C9H8BrNO2/c10-7-5-6(1-2-9(7)13)8(12)3-4-11/h1-2,5,8,12-13H,3H2. The largest absolute Gasteiger partial charge is 0.507 e. The van der Waals surface area contributed by atoms with Gasteiger partial charge >= 0.3 is 0 Å². The van der Waals surface area contributed by atoms with Gasteiger partial charge in [-0.05, 0) is 33.6 Å². The molecule has 1 aromatic carbocycles. The van der Waals surface area contributed by atoms with Crippen molar-refractivity contribution in [2.24, 2.45) is 0 Å². The maximum Gasteiger partial charge on any atom is 0.129 e. The lowest BCUT2D eigenvalue weighted by Crippen LogP contribution is -1.95. The highest BCUT2D eigenvalue weighted by molar-refractivity contribution is 9.10. The van der Waals surface area contributed by atoms with Crippen LogP contribution in [0, 0.1) is 11.3 Å². The predicted molar refractivity (Wildman–Crippen MR) is 51.0 cm³/mol. The van der Waals surface area contributed by atoms with Crippen LogP contribution in [0.5, 0.6) is 5.75 Å². The summed E-state index contributed by atoms with van der Waals surface area (Å²) in [4.78, 5) is 0. The topological polar surface area (TPSA) is 64.2 Å². The van der Waals surface area contributed by atoms with Crippen LogP contribution in [0.4, 0.5) is 0 Å². The number of aliphatic hydroxyl groups excluding tert-OH is 1. The van der Waals surface area contributed by atoms with Crippen molar-refractivity contribution in [2.45, 2.75) is 12.5 Å². The molecule has 0 saturated carbocycles. The Kier molecular flexibility index (Phi) is 3.29. The van der Waals surface area contributed by atoms with Crippen LogP contribution in [-0.2, 0) is 0 Å². The fourth-order valence-corrected chi connectivity index (χ4v) is 1.33. The van der Waals surface area contributed by atoms with Gasteiger partial charge in [-0.2, -0.15) is 5.26 Å². The van der Waals surface area contributed by atoms with Gasteiger partial charge in [0.2, 0.25) is 0 Å². The molecule has 68 valence electrons. The van der Waals surface area contributed by atoms with E-state index in [2.05, 4.69) is 15.9 Å². The number of rotatable bonds is 2. The minimum absolute atomic E-state index is 0.0528. The number of hydrogen-bond donors (Lipinski definition) is 2. The predicted octanol–water partition coefficient (Wildman–Crippen LogP) is 2.10. The number of nitriles is 1. The number of phenols is 1. The first kappa shape index (κ1) is 10.0. The average Bonchev–Trinajstić information content (AvgIpc) is 2.10. The van der Waals surface area contributed by atoms with Crippen molar-refractivity contribution >= 4 is 15.9 Å². The third kappa shape index (κ3) is 2.44. The number of benzene rings is 1. The van der Waals surface area contributed by atoms with Gasteiger partial charge in [0.1, 0.15) is 5.75 Å². The van der Waals surface area contributed by atoms with Crippen molar-refractivity contribution in [3.63, 3.8) is 0 Å². The van der Waals surface area contributed by atoms with Crippen molar-refractivity contribution < 1.29 is 10.2 Å². The Bertz CT molecular complexity index is 346. The molecule has 1 rings (SSSR count). The third-order valence-electron chi connectivity index (χ3n) is 1.64. The molecule has 0 amide bonds. The lowest BCUT2D eigenvalue weighted by molar-refractivity contribution is 0.183. The first-order valence-corrected chi connectivity index (χ1v) is 4.48.